The fourth-order valence-corrected chi connectivity index (χ4v) is 2.69. The van der Waals surface area contributed by atoms with E-state index in [0.717, 1.165) is 16.7 Å². The smallest absolute Gasteiger partial charge is 0.244 e. The van der Waals surface area contributed by atoms with Gasteiger partial charge < -0.3 is 5.32 Å². The van der Waals surface area contributed by atoms with Crippen LogP contribution in [-0.4, -0.2) is 20.9 Å². The predicted octanol–water partition coefficient (Wildman–Crippen LogP) is 2.01. The summed E-state index contributed by atoms with van der Waals surface area (Å²) in [4.78, 5) is 11.9. The van der Waals surface area contributed by atoms with Crippen LogP contribution in [0.15, 0.2) is 59.5 Å². The van der Waals surface area contributed by atoms with Crippen LogP contribution in [0.2, 0.25) is 0 Å². The molecule has 2 aromatic carbocycles. The Bertz CT molecular complexity index is 841. The van der Waals surface area contributed by atoms with E-state index in [1.807, 2.05) is 31.2 Å². The third-order valence-electron chi connectivity index (χ3n) is 3.57. The second-order valence-electron chi connectivity index (χ2n) is 5.42. The van der Waals surface area contributed by atoms with Crippen LogP contribution in [-0.2, 0) is 21.2 Å². The van der Waals surface area contributed by atoms with Crippen LogP contribution in [0.3, 0.4) is 0 Å². The van der Waals surface area contributed by atoms with Crippen molar-refractivity contribution in [2.24, 2.45) is 5.14 Å². The van der Waals surface area contributed by atoms with Gasteiger partial charge in [-0.05, 0) is 48.2 Å². The summed E-state index contributed by atoms with van der Waals surface area (Å²) in [5, 5.41) is 7.84. The van der Waals surface area contributed by atoms with Gasteiger partial charge >= 0.3 is 0 Å². The summed E-state index contributed by atoms with van der Waals surface area (Å²) in [6, 6.07) is 14.1. The molecule has 6 heteroatoms. The molecule has 0 bridgehead atoms. The van der Waals surface area contributed by atoms with Gasteiger partial charge in [0, 0.05) is 12.6 Å². The highest BCUT2D eigenvalue weighted by Gasteiger charge is 2.06. The predicted molar refractivity (Wildman–Crippen MR) is 94.7 cm³/mol. The lowest BCUT2D eigenvalue weighted by Crippen LogP contribution is -2.23. The van der Waals surface area contributed by atoms with E-state index in [-0.39, 0.29) is 10.8 Å². The quantitative estimate of drug-likeness (QED) is 0.786. The number of amides is 1. The first-order valence-electron chi connectivity index (χ1n) is 7.49. The molecule has 0 unspecified atom stereocenters. The molecule has 0 atom stereocenters. The molecule has 0 aliphatic heterocycles. The number of nitrogens with one attached hydrogen (secondary N) is 1. The Balaban J connectivity index is 1.83. The number of hydrogen-bond donors (Lipinski definition) is 2. The highest BCUT2D eigenvalue weighted by molar-refractivity contribution is 7.89. The summed E-state index contributed by atoms with van der Waals surface area (Å²) >= 11 is 0. The Labute approximate surface area is 142 Å². The normalized spacial score (nSPS) is 11.6. The molecule has 126 valence electrons. The lowest BCUT2D eigenvalue weighted by Gasteiger charge is -2.04. The summed E-state index contributed by atoms with van der Waals surface area (Å²) in [7, 11) is -3.67. The van der Waals surface area contributed by atoms with Crippen molar-refractivity contribution in [2.75, 3.05) is 6.54 Å². The van der Waals surface area contributed by atoms with Gasteiger partial charge in [-0.25, -0.2) is 13.6 Å². The van der Waals surface area contributed by atoms with Gasteiger partial charge in [0.05, 0.1) is 4.90 Å². The molecule has 0 heterocycles. The molecule has 0 saturated heterocycles. The average molecular weight is 344 g/mol. The Kier molecular flexibility index (Phi) is 5.89. The molecule has 0 fully saturated rings. The molecule has 0 aromatic heterocycles. The highest BCUT2D eigenvalue weighted by Crippen LogP contribution is 2.09. The van der Waals surface area contributed by atoms with Crippen molar-refractivity contribution < 1.29 is 13.2 Å². The number of hydrogen-bond acceptors (Lipinski definition) is 3. The Morgan fingerprint density at radius 2 is 1.79 bits per heavy atom. The third-order valence-corrected chi connectivity index (χ3v) is 4.50. The fourth-order valence-electron chi connectivity index (χ4n) is 2.17. The Hall–Kier alpha value is -2.44. The van der Waals surface area contributed by atoms with E-state index in [0.29, 0.717) is 13.0 Å². The van der Waals surface area contributed by atoms with Crippen LogP contribution in [0, 0.1) is 6.92 Å². The van der Waals surface area contributed by atoms with E-state index in [9.17, 15) is 13.2 Å². The molecular weight excluding hydrogens is 324 g/mol. The first-order chi connectivity index (χ1) is 11.4. The van der Waals surface area contributed by atoms with Crippen molar-refractivity contribution in [3.05, 3.63) is 71.3 Å². The molecule has 1 amide bonds. The molecule has 2 rings (SSSR count). The zero-order valence-corrected chi connectivity index (χ0v) is 14.2. The van der Waals surface area contributed by atoms with Gasteiger partial charge in [-0.2, -0.15) is 0 Å². The van der Waals surface area contributed by atoms with E-state index in [2.05, 4.69) is 5.32 Å². The molecule has 24 heavy (non-hydrogen) atoms. The fraction of sp³-hybridized carbons (Fsp3) is 0.167. The minimum atomic E-state index is -3.67. The summed E-state index contributed by atoms with van der Waals surface area (Å²) in [6.07, 6.45) is 3.90. The maximum atomic E-state index is 11.8. The average Bonchev–Trinajstić information content (AvgIpc) is 2.54. The van der Waals surface area contributed by atoms with Crippen LogP contribution in [0.4, 0.5) is 0 Å². The van der Waals surface area contributed by atoms with Gasteiger partial charge in [-0.3, -0.25) is 4.79 Å². The summed E-state index contributed by atoms with van der Waals surface area (Å²) in [5.41, 5.74) is 3.04. The van der Waals surface area contributed by atoms with Crippen molar-refractivity contribution in [1.29, 1.82) is 0 Å². The van der Waals surface area contributed by atoms with Gasteiger partial charge in [0.15, 0.2) is 0 Å². The molecule has 0 saturated carbocycles. The molecule has 3 N–H and O–H groups in total. The second-order valence-corrected chi connectivity index (χ2v) is 6.98. The lowest BCUT2D eigenvalue weighted by atomic mass is 10.1. The Morgan fingerprint density at radius 3 is 2.42 bits per heavy atom. The van der Waals surface area contributed by atoms with E-state index in [1.165, 1.54) is 18.2 Å². The van der Waals surface area contributed by atoms with Gasteiger partial charge in [0.25, 0.3) is 0 Å². The highest BCUT2D eigenvalue weighted by atomic mass is 32.2. The Morgan fingerprint density at radius 1 is 1.12 bits per heavy atom. The van der Waals surface area contributed by atoms with E-state index >= 15 is 0 Å². The van der Waals surface area contributed by atoms with E-state index in [4.69, 9.17) is 5.14 Å². The first-order valence-corrected chi connectivity index (χ1v) is 9.04. The number of carbonyl (C=O) groups is 1. The maximum absolute atomic E-state index is 11.8. The van der Waals surface area contributed by atoms with Crippen molar-refractivity contribution >= 4 is 22.0 Å². The molecule has 2 aromatic rings. The molecule has 0 radical (unpaired) electrons. The van der Waals surface area contributed by atoms with Crippen LogP contribution in [0.25, 0.3) is 6.08 Å². The van der Waals surface area contributed by atoms with Gasteiger partial charge in [-0.1, -0.05) is 36.4 Å². The van der Waals surface area contributed by atoms with Crippen molar-refractivity contribution in [2.45, 2.75) is 18.2 Å². The number of rotatable bonds is 6. The molecule has 5 nitrogen and oxygen atoms in total. The first kappa shape index (κ1) is 17.9. The molecule has 0 spiro atoms. The van der Waals surface area contributed by atoms with Crippen molar-refractivity contribution in [3.8, 4) is 0 Å². The number of primary sulfonamides is 1. The second kappa shape index (κ2) is 7.90. The number of nitrogens with two attached hydrogens (primary N) is 1. The SMILES string of the molecule is Cc1ccccc1/C=C/C(=O)NCCc1ccc(S(N)(=O)=O)cc1. The standard InChI is InChI=1S/C18H20N2O3S/c1-14-4-2-3-5-16(14)8-11-18(21)20-13-12-15-6-9-17(10-7-15)24(19,22)23/h2-11H,12-13H2,1H3,(H,20,21)(H2,19,22,23)/b11-8+. The largest absolute Gasteiger partial charge is 0.352 e. The molecular formula is C18H20N2O3S. The number of carbonyl (C=O) groups excluding carboxylic acids is 1. The minimum Gasteiger partial charge on any atom is -0.352 e. The number of sulfonamides is 1. The van der Waals surface area contributed by atoms with E-state index < -0.39 is 10.0 Å². The lowest BCUT2D eigenvalue weighted by molar-refractivity contribution is -0.116. The topological polar surface area (TPSA) is 89.3 Å². The summed E-state index contributed by atoms with van der Waals surface area (Å²) < 4.78 is 22.3. The zero-order valence-electron chi connectivity index (χ0n) is 13.4. The maximum Gasteiger partial charge on any atom is 0.244 e. The molecule has 0 aliphatic carbocycles. The third kappa shape index (κ3) is 5.33. The minimum absolute atomic E-state index is 0.0800. The summed E-state index contributed by atoms with van der Waals surface area (Å²) in [6.45, 7) is 2.45. The van der Waals surface area contributed by atoms with Crippen LogP contribution in [0.1, 0.15) is 16.7 Å². The monoisotopic (exact) mass is 344 g/mol. The van der Waals surface area contributed by atoms with Gasteiger partial charge in [-0.15, -0.1) is 0 Å². The van der Waals surface area contributed by atoms with Crippen molar-refractivity contribution in [1.82, 2.24) is 5.32 Å². The molecule has 0 aliphatic rings. The number of aryl methyl sites for hydroxylation is 1. The number of benzene rings is 2. The van der Waals surface area contributed by atoms with Gasteiger partial charge in [0.1, 0.15) is 0 Å². The van der Waals surface area contributed by atoms with Crippen molar-refractivity contribution in [3.63, 3.8) is 0 Å². The zero-order chi connectivity index (χ0) is 17.6. The van der Waals surface area contributed by atoms with E-state index in [1.54, 1.807) is 18.2 Å². The summed E-state index contributed by atoms with van der Waals surface area (Å²) in [5.74, 6) is -0.167. The van der Waals surface area contributed by atoms with Gasteiger partial charge in [0.2, 0.25) is 15.9 Å². The van der Waals surface area contributed by atoms with Crippen LogP contribution in [0.5, 0.6) is 0 Å². The van der Waals surface area contributed by atoms with Crippen LogP contribution >= 0.6 is 0 Å². The van der Waals surface area contributed by atoms with Crippen LogP contribution < -0.4 is 10.5 Å².